The van der Waals surface area contributed by atoms with E-state index in [2.05, 4.69) is 23.9 Å². The molecule has 0 N–H and O–H groups in total. The molecule has 0 aliphatic rings. The summed E-state index contributed by atoms with van der Waals surface area (Å²) in [6, 6.07) is 21.2. The fraction of sp³-hybridized carbons (Fsp3) is 0.243. The number of hydrogen-bond donors (Lipinski definition) is 0. The molecule has 3 heterocycles. The first kappa shape index (κ1) is 33.0. The van der Waals surface area contributed by atoms with Crippen LogP contribution in [0.1, 0.15) is 56.5 Å². The molecule has 0 fully saturated rings. The van der Waals surface area contributed by atoms with Gasteiger partial charge in [0.2, 0.25) is 4.96 Å². The van der Waals surface area contributed by atoms with Crippen molar-refractivity contribution in [2.45, 2.75) is 39.5 Å². The Morgan fingerprint density at radius 3 is 2.33 bits per heavy atom. The van der Waals surface area contributed by atoms with Crippen LogP contribution in [0.3, 0.4) is 0 Å². The third kappa shape index (κ3) is 7.45. The molecule has 0 amide bonds. The smallest absolute Gasteiger partial charge is 0.291 e. The number of ether oxygens (including phenoxy) is 3. The summed E-state index contributed by atoms with van der Waals surface area (Å²) in [5, 5.41) is 9.87. The third-order valence-corrected chi connectivity index (χ3v) is 8.83. The van der Waals surface area contributed by atoms with Gasteiger partial charge in [-0.15, -0.1) is 5.10 Å². The molecule has 0 aliphatic carbocycles. The highest BCUT2D eigenvalue weighted by molar-refractivity contribution is 7.15. The van der Waals surface area contributed by atoms with Crippen LogP contribution in [0.2, 0.25) is 5.02 Å². The number of aromatic nitrogens is 5. The summed E-state index contributed by atoms with van der Waals surface area (Å²) in [5.74, 6) is 2.42. The van der Waals surface area contributed by atoms with Gasteiger partial charge in [-0.1, -0.05) is 80.0 Å². The van der Waals surface area contributed by atoms with Gasteiger partial charge < -0.3 is 14.2 Å². The zero-order valence-corrected chi connectivity index (χ0v) is 28.6. The van der Waals surface area contributed by atoms with E-state index in [1.165, 1.54) is 15.9 Å². The summed E-state index contributed by atoms with van der Waals surface area (Å²) in [4.78, 5) is 18.6. The van der Waals surface area contributed by atoms with E-state index in [0.29, 0.717) is 56.5 Å². The summed E-state index contributed by atoms with van der Waals surface area (Å²) >= 11 is 7.90. The fourth-order valence-electron chi connectivity index (χ4n) is 4.99. The molecule has 0 saturated carbocycles. The quantitative estimate of drug-likeness (QED) is 0.109. The molecule has 0 bridgehead atoms. The van der Waals surface area contributed by atoms with E-state index in [4.69, 9.17) is 30.9 Å². The van der Waals surface area contributed by atoms with Gasteiger partial charge in [0, 0.05) is 17.3 Å². The van der Waals surface area contributed by atoms with Crippen LogP contribution in [-0.2, 0) is 0 Å². The number of para-hydroxylation sites is 1. The minimum Gasteiger partial charge on any atom is -0.493 e. The van der Waals surface area contributed by atoms with Crippen LogP contribution in [0.4, 0.5) is 0 Å². The molecular formula is C37H36ClN5O4S. The summed E-state index contributed by atoms with van der Waals surface area (Å²) in [7, 11) is 1.62. The van der Waals surface area contributed by atoms with Gasteiger partial charge in [0.15, 0.2) is 17.3 Å². The van der Waals surface area contributed by atoms with Crippen molar-refractivity contribution in [3.05, 3.63) is 110 Å². The van der Waals surface area contributed by atoms with Crippen molar-refractivity contribution in [3.63, 3.8) is 0 Å². The molecule has 0 unspecified atom stereocenters. The number of benzene rings is 3. The van der Waals surface area contributed by atoms with Crippen molar-refractivity contribution in [2.75, 3.05) is 20.3 Å². The van der Waals surface area contributed by atoms with E-state index in [1.807, 2.05) is 85.1 Å². The maximum Gasteiger partial charge on any atom is 0.291 e. The minimum atomic E-state index is -0.256. The van der Waals surface area contributed by atoms with E-state index in [0.717, 1.165) is 48.1 Å². The Kier molecular flexibility index (Phi) is 10.5. The van der Waals surface area contributed by atoms with Crippen LogP contribution in [-0.4, -0.2) is 44.7 Å². The molecule has 0 atom stereocenters. The number of methoxy groups -OCH3 is 1. The molecule has 11 heteroatoms. The lowest BCUT2D eigenvalue weighted by Gasteiger charge is -2.10. The molecule has 0 saturated heterocycles. The number of thiazole rings is 1. The predicted molar refractivity (Wildman–Crippen MR) is 193 cm³/mol. The van der Waals surface area contributed by atoms with Crippen LogP contribution < -0.4 is 24.3 Å². The number of hydrogen-bond acceptors (Lipinski definition) is 8. The lowest BCUT2D eigenvalue weighted by molar-refractivity contribution is 0.288. The maximum atomic E-state index is 13.5. The second-order valence-corrected chi connectivity index (χ2v) is 12.5. The number of fused-ring (bicyclic) bond motifs is 1. The van der Waals surface area contributed by atoms with Crippen molar-refractivity contribution < 1.29 is 14.2 Å². The summed E-state index contributed by atoms with van der Waals surface area (Å²) < 4.78 is 20.8. The predicted octanol–water partition coefficient (Wildman–Crippen LogP) is 7.74. The zero-order valence-electron chi connectivity index (χ0n) is 27.1. The summed E-state index contributed by atoms with van der Waals surface area (Å²) in [5.41, 5.74) is 3.77. The molecule has 3 aromatic heterocycles. The molecule has 246 valence electrons. The average molecular weight is 682 g/mol. The van der Waals surface area contributed by atoms with Gasteiger partial charge in [-0.2, -0.15) is 14.6 Å². The van der Waals surface area contributed by atoms with Gasteiger partial charge in [0.05, 0.1) is 35.6 Å². The number of halogens is 1. The third-order valence-electron chi connectivity index (χ3n) is 7.58. The average Bonchev–Trinajstić information content (AvgIpc) is 3.79. The highest BCUT2D eigenvalue weighted by Crippen LogP contribution is 2.33. The largest absolute Gasteiger partial charge is 0.493 e. The van der Waals surface area contributed by atoms with Crippen molar-refractivity contribution >= 4 is 46.1 Å². The highest BCUT2D eigenvalue weighted by Gasteiger charge is 2.16. The monoisotopic (exact) mass is 681 g/mol. The van der Waals surface area contributed by atoms with Crippen LogP contribution in [0, 0.1) is 0 Å². The van der Waals surface area contributed by atoms with E-state index in [-0.39, 0.29) is 5.56 Å². The second kappa shape index (κ2) is 15.3. The molecule has 48 heavy (non-hydrogen) atoms. The maximum absolute atomic E-state index is 13.5. The normalized spacial score (nSPS) is 12.0. The molecule has 0 radical (unpaired) electrons. The first-order valence-electron chi connectivity index (χ1n) is 16.0. The zero-order chi connectivity index (χ0) is 33.5. The first-order chi connectivity index (χ1) is 23.5. The van der Waals surface area contributed by atoms with Gasteiger partial charge in [0.1, 0.15) is 11.4 Å². The minimum absolute atomic E-state index is 0.256. The van der Waals surface area contributed by atoms with Gasteiger partial charge >= 0.3 is 0 Å². The fourth-order valence-corrected chi connectivity index (χ4v) is 6.13. The van der Waals surface area contributed by atoms with E-state index >= 15 is 0 Å². The van der Waals surface area contributed by atoms with Crippen LogP contribution in [0.25, 0.3) is 40.1 Å². The number of nitrogens with zero attached hydrogens (tertiary/aromatic N) is 5. The van der Waals surface area contributed by atoms with E-state index in [1.54, 1.807) is 17.9 Å². The Balaban J connectivity index is 1.30. The van der Waals surface area contributed by atoms with E-state index < -0.39 is 0 Å². The van der Waals surface area contributed by atoms with Crippen LogP contribution in [0.5, 0.6) is 17.2 Å². The summed E-state index contributed by atoms with van der Waals surface area (Å²) in [6.45, 7) is 5.48. The second-order valence-electron chi connectivity index (χ2n) is 11.1. The molecule has 0 spiro atoms. The van der Waals surface area contributed by atoms with Crippen molar-refractivity contribution in [1.82, 2.24) is 24.4 Å². The Labute approximate surface area is 287 Å². The van der Waals surface area contributed by atoms with Crippen molar-refractivity contribution in [2.24, 2.45) is 0 Å². The van der Waals surface area contributed by atoms with E-state index in [9.17, 15) is 4.79 Å². The standard InChI is InChI=1S/C37H36ClN5O4S/c1-4-6-19-46-30-17-15-26(22-29(30)38)35-27(24-42(41-35)28-11-9-8-10-12-28)23-33-36(44)43-37(48-33)39-34(40-43)18-14-25-13-16-31(32(21-25)45-3)47-20-7-5-2/h8-18,21-24H,4-7,19-20H2,1-3H3/b18-14+,33-23-. The van der Waals surface area contributed by atoms with Gasteiger partial charge in [-0.05, 0) is 73.0 Å². The Morgan fingerprint density at radius 1 is 0.875 bits per heavy atom. The SMILES string of the molecule is CCCCOc1ccc(-c2nn(-c3ccccc3)cc2/C=c2\sc3nc(/C=C/c4ccc(OCCCC)c(OC)c4)nn3c2=O)cc1Cl. The Bertz CT molecular complexity index is 2160. The van der Waals surface area contributed by atoms with Crippen molar-refractivity contribution in [3.8, 4) is 34.2 Å². The molecule has 9 nitrogen and oxygen atoms in total. The molecule has 6 rings (SSSR count). The molecule has 0 aliphatic heterocycles. The lowest BCUT2D eigenvalue weighted by atomic mass is 10.1. The Morgan fingerprint density at radius 2 is 1.62 bits per heavy atom. The lowest BCUT2D eigenvalue weighted by Crippen LogP contribution is -2.23. The first-order valence-corrected chi connectivity index (χ1v) is 17.1. The molecular weight excluding hydrogens is 646 g/mol. The van der Waals surface area contributed by atoms with Crippen molar-refractivity contribution in [1.29, 1.82) is 0 Å². The molecule has 3 aromatic carbocycles. The number of rotatable bonds is 14. The highest BCUT2D eigenvalue weighted by atomic mass is 35.5. The molecule has 6 aromatic rings. The number of unbranched alkanes of at least 4 members (excludes halogenated alkanes) is 2. The van der Waals surface area contributed by atoms with Gasteiger partial charge in [0.25, 0.3) is 5.56 Å². The Hall–Kier alpha value is -4.93. The summed E-state index contributed by atoms with van der Waals surface area (Å²) in [6.07, 6.45) is 11.4. The van der Waals surface area contributed by atoms with Gasteiger partial charge in [-0.25, -0.2) is 4.68 Å². The topological polar surface area (TPSA) is 92.8 Å². The van der Waals surface area contributed by atoms with Crippen LogP contribution >= 0.6 is 22.9 Å². The van der Waals surface area contributed by atoms with Gasteiger partial charge in [-0.3, -0.25) is 4.79 Å². The van der Waals surface area contributed by atoms with Crippen LogP contribution in [0.15, 0.2) is 77.7 Å².